The zero-order chi connectivity index (χ0) is 16.9. The van der Waals surface area contributed by atoms with Gasteiger partial charge < -0.3 is 11.1 Å². The molecule has 24 heavy (non-hydrogen) atoms. The molecule has 1 aliphatic rings. The second kappa shape index (κ2) is 7.12. The molecular weight excluding hydrogens is 304 g/mol. The number of guanidine groups is 1. The fourth-order valence-electron chi connectivity index (χ4n) is 3.02. The summed E-state index contributed by atoms with van der Waals surface area (Å²) < 4.78 is 0. The molecule has 3 rings (SSSR count). The Morgan fingerprint density at radius 1 is 1.21 bits per heavy atom. The van der Waals surface area contributed by atoms with Crippen molar-refractivity contribution in [1.82, 2.24) is 0 Å². The highest BCUT2D eigenvalue weighted by Gasteiger charge is 2.13. The van der Waals surface area contributed by atoms with Crippen molar-refractivity contribution in [3.05, 3.63) is 69.3 Å². The minimum Gasteiger partial charge on any atom is -0.370 e. The Morgan fingerprint density at radius 3 is 2.83 bits per heavy atom. The predicted octanol–water partition coefficient (Wildman–Crippen LogP) is 3.40. The van der Waals surface area contributed by atoms with Crippen LogP contribution in [0.4, 0.5) is 11.4 Å². The zero-order valence-corrected chi connectivity index (χ0v) is 13.4. The first kappa shape index (κ1) is 16.0. The fourth-order valence-corrected chi connectivity index (χ4v) is 3.02. The zero-order valence-electron chi connectivity index (χ0n) is 13.4. The molecule has 0 saturated carbocycles. The highest BCUT2D eigenvalue weighted by atomic mass is 16.6. The van der Waals surface area contributed by atoms with E-state index in [4.69, 9.17) is 5.73 Å². The highest BCUT2D eigenvalue weighted by molar-refractivity contribution is 5.93. The number of hydrogen-bond donors (Lipinski definition) is 2. The SMILES string of the molecule is NC(=NCc1cccc([N+](=O)[O-])c1)Nc1cccc2c1CCCC2. The normalized spacial score (nSPS) is 14.1. The fraction of sp³-hybridized carbons (Fsp3) is 0.278. The van der Waals surface area contributed by atoms with Crippen LogP contribution in [0.2, 0.25) is 0 Å². The van der Waals surface area contributed by atoms with Gasteiger partial charge >= 0.3 is 0 Å². The van der Waals surface area contributed by atoms with Crippen molar-refractivity contribution in [2.24, 2.45) is 10.7 Å². The van der Waals surface area contributed by atoms with E-state index in [1.165, 1.54) is 36.1 Å². The number of nitrogens with one attached hydrogen (secondary N) is 1. The summed E-state index contributed by atoms with van der Waals surface area (Å²) in [6, 6.07) is 12.6. The average Bonchev–Trinajstić information content (AvgIpc) is 2.60. The number of aliphatic imine (C=N–C) groups is 1. The second-order valence-electron chi connectivity index (χ2n) is 5.90. The Kier molecular flexibility index (Phi) is 4.74. The number of nitro groups is 1. The van der Waals surface area contributed by atoms with E-state index in [2.05, 4.69) is 16.4 Å². The minimum atomic E-state index is -0.412. The quantitative estimate of drug-likeness (QED) is 0.390. The molecule has 0 saturated heterocycles. The summed E-state index contributed by atoms with van der Waals surface area (Å²) in [5.41, 5.74) is 10.5. The number of nitro benzene ring substituents is 1. The van der Waals surface area contributed by atoms with E-state index in [9.17, 15) is 10.1 Å². The minimum absolute atomic E-state index is 0.0614. The Bertz CT molecular complexity index is 786. The van der Waals surface area contributed by atoms with Crippen LogP contribution in [-0.2, 0) is 19.4 Å². The summed E-state index contributed by atoms with van der Waals surface area (Å²) in [6.07, 6.45) is 4.58. The summed E-state index contributed by atoms with van der Waals surface area (Å²) in [7, 11) is 0. The van der Waals surface area contributed by atoms with E-state index in [1.807, 2.05) is 12.1 Å². The number of benzene rings is 2. The molecule has 0 unspecified atom stereocenters. The van der Waals surface area contributed by atoms with Crippen molar-refractivity contribution in [3.8, 4) is 0 Å². The van der Waals surface area contributed by atoms with Crippen LogP contribution in [0.15, 0.2) is 47.5 Å². The lowest BCUT2D eigenvalue weighted by Crippen LogP contribution is -2.24. The van der Waals surface area contributed by atoms with Crippen LogP contribution in [0.1, 0.15) is 29.5 Å². The van der Waals surface area contributed by atoms with Crippen molar-refractivity contribution < 1.29 is 4.92 Å². The topological polar surface area (TPSA) is 93.5 Å². The Morgan fingerprint density at radius 2 is 2.00 bits per heavy atom. The van der Waals surface area contributed by atoms with E-state index >= 15 is 0 Å². The summed E-state index contributed by atoms with van der Waals surface area (Å²) >= 11 is 0. The van der Waals surface area contributed by atoms with E-state index < -0.39 is 4.92 Å². The van der Waals surface area contributed by atoms with Gasteiger partial charge in [-0.15, -0.1) is 0 Å². The van der Waals surface area contributed by atoms with E-state index in [0.29, 0.717) is 12.5 Å². The number of hydrogen-bond acceptors (Lipinski definition) is 3. The summed E-state index contributed by atoms with van der Waals surface area (Å²) in [6.45, 7) is 0.301. The van der Waals surface area contributed by atoms with Gasteiger partial charge in [-0.25, -0.2) is 4.99 Å². The molecule has 0 heterocycles. The monoisotopic (exact) mass is 324 g/mol. The first-order chi connectivity index (χ1) is 11.6. The molecular formula is C18H20N4O2. The number of anilines is 1. The summed E-state index contributed by atoms with van der Waals surface area (Å²) in [5.74, 6) is 0.320. The Labute approximate surface area is 140 Å². The maximum absolute atomic E-state index is 10.8. The van der Waals surface area contributed by atoms with Gasteiger partial charge in [-0.3, -0.25) is 10.1 Å². The highest BCUT2D eigenvalue weighted by Crippen LogP contribution is 2.27. The van der Waals surface area contributed by atoms with Gasteiger partial charge in [0.05, 0.1) is 11.5 Å². The van der Waals surface area contributed by atoms with E-state index in [0.717, 1.165) is 24.1 Å². The number of non-ortho nitro benzene ring substituents is 1. The molecule has 2 aromatic rings. The molecule has 6 nitrogen and oxygen atoms in total. The van der Waals surface area contributed by atoms with Crippen LogP contribution in [0.5, 0.6) is 0 Å². The van der Waals surface area contributed by atoms with Gasteiger partial charge in [0.25, 0.3) is 5.69 Å². The van der Waals surface area contributed by atoms with E-state index in [1.54, 1.807) is 12.1 Å². The van der Waals surface area contributed by atoms with Gasteiger partial charge in [0.2, 0.25) is 0 Å². The van der Waals surface area contributed by atoms with Gasteiger partial charge in [-0.05, 0) is 48.4 Å². The van der Waals surface area contributed by atoms with Crippen LogP contribution >= 0.6 is 0 Å². The van der Waals surface area contributed by atoms with Crippen LogP contribution in [-0.4, -0.2) is 10.9 Å². The lowest BCUT2D eigenvalue weighted by molar-refractivity contribution is -0.384. The average molecular weight is 324 g/mol. The van der Waals surface area contributed by atoms with Gasteiger partial charge in [-0.1, -0.05) is 24.3 Å². The molecule has 124 valence electrons. The molecule has 0 amide bonds. The molecule has 3 N–H and O–H groups in total. The number of nitrogens with zero attached hydrogens (tertiary/aromatic N) is 2. The third-order valence-corrected chi connectivity index (χ3v) is 4.21. The Balaban J connectivity index is 1.71. The van der Waals surface area contributed by atoms with Crippen LogP contribution < -0.4 is 11.1 Å². The number of rotatable bonds is 4. The molecule has 0 aliphatic heterocycles. The van der Waals surface area contributed by atoms with Crippen molar-refractivity contribution >= 4 is 17.3 Å². The number of aryl methyl sites for hydroxylation is 1. The number of nitrogens with two attached hydrogens (primary N) is 1. The molecule has 0 radical (unpaired) electrons. The van der Waals surface area contributed by atoms with Gasteiger partial charge in [0.15, 0.2) is 5.96 Å². The molecule has 2 aromatic carbocycles. The Hall–Kier alpha value is -2.89. The molecule has 0 fully saturated rings. The third kappa shape index (κ3) is 3.71. The standard InChI is InChI=1S/C18H20N4O2/c19-18(20-12-13-5-3-8-15(11-13)22(23)24)21-17-10-4-7-14-6-1-2-9-16(14)17/h3-5,7-8,10-11H,1-2,6,9,12H2,(H3,19,20,21). The van der Waals surface area contributed by atoms with Gasteiger partial charge in [-0.2, -0.15) is 0 Å². The molecule has 0 bridgehead atoms. The molecule has 0 aromatic heterocycles. The maximum Gasteiger partial charge on any atom is 0.269 e. The maximum atomic E-state index is 10.8. The first-order valence-corrected chi connectivity index (χ1v) is 8.04. The molecule has 6 heteroatoms. The van der Waals surface area contributed by atoms with Crippen molar-refractivity contribution in [2.75, 3.05) is 5.32 Å². The van der Waals surface area contributed by atoms with Gasteiger partial charge in [0.1, 0.15) is 0 Å². The smallest absolute Gasteiger partial charge is 0.269 e. The van der Waals surface area contributed by atoms with E-state index in [-0.39, 0.29) is 5.69 Å². The lowest BCUT2D eigenvalue weighted by atomic mass is 9.90. The summed E-state index contributed by atoms with van der Waals surface area (Å²) in [4.78, 5) is 14.7. The van der Waals surface area contributed by atoms with Crippen molar-refractivity contribution in [2.45, 2.75) is 32.2 Å². The lowest BCUT2D eigenvalue weighted by Gasteiger charge is -2.19. The van der Waals surface area contributed by atoms with Crippen LogP contribution in [0.25, 0.3) is 0 Å². The predicted molar refractivity (Wildman–Crippen MR) is 95.1 cm³/mol. The van der Waals surface area contributed by atoms with Crippen molar-refractivity contribution in [3.63, 3.8) is 0 Å². The van der Waals surface area contributed by atoms with Gasteiger partial charge in [0, 0.05) is 17.8 Å². The third-order valence-electron chi connectivity index (χ3n) is 4.21. The number of fused-ring (bicyclic) bond motifs is 1. The molecule has 1 aliphatic carbocycles. The van der Waals surface area contributed by atoms with Crippen LogP contribution in [0.3, 0.4) is 0 Å². The largest absolute Gasteiger partial charge is 0.370 e. The van der Waals surface area contributed by atoms with Crippen molar-refractivity contribution in [1.29, 1.82) is 0 Å². The first-order valence-electron chi connectivity index (χ1n) is 8.04. The second-order valence-corrected chi connectivity index (χ2v) is 5.90. The van der Waals surface area contributed by atoms with Crippen LogP contribution in [0, 0.1) is 10.1 Å². The molecule has 0 atom stereocenters. The molecule has 0 spiro atoms. The summed E-state index contributed by atoms with van der Waals surface area (Å²) in [5, 5.41) is 14.0.